The molecule has 0 aromatic carbocycles. The molecule has 1 aromatic rings. The van der Waals surface area contributed by atoms with Crippen LogP contribution in [0.4, 0.5) is 0 Å². The van der Waals surface area contributed by atoms with Gasteiger partial charge in [-0.2, -0.15) is 11.8 Å². The van der Waals surface area contributed by atoms with E-state index < -0.39 is 6.04 Å². The number of carbonyl (C=O) groups is 1. The first-order valence-electron chi connectivity index (χ1n) is 6.30. The Balaban J connectivity index is 1.75. The Morgan fingerprint density at radius 1 is 1.32 bits per heavy atom. The molecule has 100 valence electrons. The predicted molar refractivity (Wildman–Crippen MR) is 74.2 cm³/mol. The van der Waals surface area contributed by atoms with Gasteiger partial charge >= 0.3 is 0 Å². The van der Waals surface area contributed by atoms with Crippen LogP contribution in [0.15, 0.2) is 29.5 Å². The van der Waals surface area contributed by atoms with Gasteiger partial charge in [0.1, 0.15) is 0 Å². The van der Waals surface area contributed by atoms with Crippen LogP contribution in [0.5, 0.6) is 0 Å². The van der Waals surface area contributed by atoms with Gasteiger partial charge in [0.2, 0.25) is 0 Å². The summed E-state index contributed by atoms with van der Waals surface area (Å²) in [5.74, 6) is 2.07. The molecule has 5 nitrogen and oxygen atoms in total. The number of pyridine rings is 1. The summed E-state index contributed by atoms with van der Waals surface area (Å²) in [6.07, 6.45) is 4.49. The second-order valence-electron chi connectivity index (χ2n) is 4.47. The van der Waals surface area contributed by atoms with E-state index in [1.165, 1.54) is 6.40 Å². The maximum absolute atomic E-state index is 12.5. The molecule has 1 amide bonds. The van der Waals surface area contributed by atoms with Gasteiger partial charge in [-0.15, -0.1) is 0 Å². The monoisotopic (exact) mass is 277 g/mol. The molecular formula is C13H15N3O2S. The fraction of sp³-hybridized carbons (Fsp3) is 0.462. The van der Waals surface area contributed by atoms with Crippen LogP contribution < -0.4 is 0 Å². The Hall–Kier alpha value is -1.56. The van der Waals surface area contributed by atoms with Crippen LogP contribution in [-0.4, -0.2) is 52.8 Å². The number of amides is 1. The van der Waals surface area contributed by atoms with Gasteiger partial charge in [-0.3, -0.25) is 9.78 Å². The number of rotatable bonds is 2. The van der Waals surface area contributed by atoms with E-state index in [1.54, 1.807) is 12.4 Å². The van der Waals surface area contributed by atoms with Gasteiger partial charge in [0.05, 0.1) is 0 Å². The quantitative estimate of drug-likeness (QED) is 0.813. The fourth-order valence-corrected chi connectivity index (χ4v) is 3.20. The summed E-state index contributed by atoms with van der Waals surface area (Å²) in [5, 5.41) is 0. The molecule has 0 radical (unpaired) electrons. The molecule has 0 N–H and O–H groups in total. The maximum atomic E-state index is 12.5. The third kappa shape index (κ3) is 2.58. The molecule has 0 spiro atoms. The standard InChI is InChI=1S/C13H15N3O2S/c17-13(16-5-7-19-8-6-16)11-12(18-9-15-11)10-1-3-14-4-2-10/h1-4,9,11-12H,5-8H2/t11-,12+/m1/s1. The lowest BCUT2D eigenvalue weighted by Gasteiger charge is -2.29. The van der Waals surface area contributed by atoms with E-state index >= 15 is 0 Å². The Bertz CT molecular complexity index is 474. The Labute approximate surface area is 116 Å². The van der Waals surface area contributed by atoms with Crippen molar-refractivity contribution in [3.05, 3.63) is 30.1 Å². The largest absolute Gasteiger partial charge is 0.473 e. The van der Waals surface area contributed by atoms with Gasteiger partial charge in [-0.05, 0) is 17.7 Å². The number of aliphatic imine (C=N–C) groups is 1. The lowest BCUT2D eigenvalue weighted by molar-refractivity contribution is -0.133. The molecule has 6 heteroatoms. The van der Waals surface area contributed by atoms with Crippen molar-refractivity contribution in [1.82, 2.24) is 9.88 Å². The topological polar surface area (TPSA) is 54.8 Å². The predicted octanol–water partition coefficient (Wildman–Crippen LogP) is 1.13. The van der Waals surface area contributed by atoms with Crippen LogP contribution in [0, 0.1) is 0 Å². The van der Waals surface area contributed by atoms with Crippen molar-refractivity contribution in [3.63, 3.8) is 0 Å². The number of thioether (sulfide) groups is 1. The first-order valence-corrected chi connectivity index (χ1v) is 7.45. The highest BCUT2D eigenvalue weighted by atomic mass is 32.2. The van der Waals surface area contributed by atoms with E-state index in [0.717, 1.165) is 30.2 Å². The van der Waals surface area contributed by atoms with Gasteiger partial charge in [-0.25, -0.2) is 4.99 Å². The molecule has 1 saturated heterocycles. The molecule has 1 fully saturated rings. The number of hydrogen-bond acceptors (Lipinski definition) is 5. The summed E-state index contributed by atoms with van der Waals surface area (Å²) >= 11 is 1.88. The number of nitrogens with zero attached hydrogens (tertiary/aromatic N) is 3. The number of carbonyl (C=O) groups excluding carboxylic acids is 1. The normalized spacial score (nSPS) is 26.2. The summed E-state index contributed by atoms with van der Waals surface area (Å²) in [5.41, 5.74) is 0.942. The van der Waals surface area contributed by atoms with Crippen molar-refractivity contribution >= 4 is 24.1 Å². The first-order chi connectivity index (χ1) is 9.36. The third-order valence-corrected chi connectivity index (χ3v) is 4.27. The van der Waals surface area contributed by atoms with Crippen molar-refractivity contribution in [2.24, 2.45) is 4.99 Å². The second-order valence-corrected chi connectivity index (χ2v) is 5.70. The first kappa shape index (κ1) is 12.5. The minimum Gasteiger partial charge on any atom is -0.473 e. The highest BCUT2D eigenvalue weighted by molar-refractivity contribution is 7.99. The second kappa shape index (κ2) is 5.61. The van der Waals surface area contributed by atoms with E-state index in [1.807, 2.05) is 28.8 Å². The molecule has 0 saturated carbocycles. The highest BCUT2D eigenvalue weighted by Gasteiger charge is 2.36. The van der Waals surface area contributed by atoms with Crippen molar-refractivity contribution in [2.45, 2.75) is 12.1 Å². The van der Waals surface area contributed by atoms with E-state index in [-0.39, 0.29) is 12.0 Å². The Morgan fingerprint density at radius 2 is 2.05 bits per heavy atom. The van der Waals surface area contributed by atoms with Gasteiger partial charge in [0.25, 0.3) is 5.91 Å². The number of ether oxygens (including phenoxy) is 1. The molecule has 1 aromatic heterocycles. The molecule has 2 aliphatic rings. The average Bonchev–Trinajstić information content (AvgIpc) is 2.98. The molecule has 3 rings (SSSR count). The van der Waals surface area contributed by atoms with E-state index in [0.29, 0.717) is 0 Å². The molecular weight excluding hydrogens is 262 g/mol. The summed E-state index contributed by atoms with van der Waals surface area (Å²) < 4.78 is 5.49. The van der Waals surface area contributed by atoms with E-state index in [4.69, 9.17) is 4.74 Å². The zero-order chi connectivity index (χ0) is 13.1. The van der Waals surface area contributed by atoms with Crippen LogP contribution in [-0.2, 0) is 9.53 Å². The maximum Gasteiger partial charge on any atom is 0.251 e. The summed E-state index contributed by atoms with van der Waals surface area (Å²) in [4.78, 5) is 22.6. The summed E-state index contributed by atoms with van der Waals surface area (Å²) in [7, 11) is 0. The van der Waals surface area contributed by atoms with E-state index in [2.05, 4.69) is 9.98 Å². The van der Waals surface area contributed by atoms with Crippen molar-refractivity contribution in [2.75, 3.05) is 24.6 Å². The summed E-state index contributed by atoms with van der Waals surface area (Å²) in [6, 6.07) is 3.28. The Morgan fingerprint density at radius 3 is 2.79 bits per heavy atom. The number of hydrogen-bond donors (Lipinski definition) is 0. The van der Waals surface area contributed by atoms with Crippen molar-refractivity contribution < 1.29 is 9.53 Å². The van der Waals surface area contributed by atoms with Crippen LogP contribution in [0.3, 0.4) is 0 Å². The van der Waals surface area contributed by atoms with Crippen LogP contribution in [0.1, 0.15) is 11.7 Å². The van der Waals surface area contributed by atoms with E-state index in [9.17, 15) is 4.79 Å². The fourth-order valence-electron chi connectivity index (χ4n) is 2.30. The molecule has 2 aliphatic heterocycles. The zero-order valence-electron chi connectivity index (χ0n) is 10.4. The Kier molecular flexibility index (Phi) is 3.68. The average molecular weight is 277 g/mol. The van der Waals surface area contributed by atoms with Crippen molar-refractivity contribution in [1.29, 1.82) is 0 Å². The van der Waals surface area contributed by atoms with Crippen LogP contribution in [0.2, 0.25) is 0 Å². The lowest BCUT2D eigenvalue weighted by atomic mass is 10.0. The van der Waals surface area contributed by atoms with Crippen LogP contribution >= 0.6 is 11.8 Å². The van der Waals surface area contributed by atoms with Gasteiger partial charge in [-0.1, -0.05) is 0 Å². The SMILES string of the molecule is O=C([C@@H]1N=CO[C@H]1c1ccncc1)N1CCSCC1. The lowest BCUT2D eigenvalue weighted by Crippen LogP contribution is -2.44. The third-order valence-electron chi connectivity index (χ3n) is 3.33. The molecule has 2 atom stereocenters. The summed E-state index contributed by atoms with van der Waals surface area (Å²) in [6.45, 7) is 1.61. The molecule has 0 bridgehead atoms. The molecule has 19 heavy (non-hydrogen) atoms. The minimum absolute atomic E-state index is 0.0656. The molecule has 0 aliphatic carbocycles. The molecule has 3 heterocycles. The zero-order valence-corrected chi connectivity index (χ0v) is 11.3. The molecule has 0 unspecified atom stereocenters. The van der Waals surface area contributed by atoms with Gasteiger partial charge < -0.3 is 9.64 Å². The smallest absolute Gasteiger partial charge is 0.251 e. The minimum atomic E-state index is -0.453. The van der Waals surface area contributed by atoms with Gasteiger partial charge in [0.15, 0.2) is 18.5 Å². The number of aromatic nitrogens is 1. The van der Waals surface area contributed by atoms with Crippen LogP contribution in [0.25, 0.3) is 0 Å². The highest BCUT2D eigenvalue weighted by Crippen LogP contribution is 2.28. The van der Waals surface area contributed by atoms with Crippen molar-refractivity contribution in [3.8, 4) is 0 Å². The van der Waals surface area contributed by atoms with Gasteiger partial charge in [0, 0.05) is 37.0 Å².